The zero-order chi connectivity index (χ0) is 18.5. The van der Waals surface area contributed by atoms with Gasteiger partial charge in [0.25, 0.3) is 0 Å². The van der Waals surface area contributed by atoms with Crippen LogP contribution in [0.3, 0.4) is 0 Å². The highest BCUT2D eigenvalue weighted by atomic mass is 32.2. The molecule has 1 atom stereocenters. The van der Waals surface area contributed by atoms with Gasteiger partial charge in [-0.2, -0.15) is 5.10 Å². The minimum absolute atomic E-state index is 0.0530. The van der Waals surface area contributed by atoms with Crippen LogP contribution in [0.5, 0.6) is 11.5 Å². The third-order valence-electron chi connectivity index (χ3n) is 4.26. The molecule has 136 valence electrons. The summed E-state index contributed by atoms with van der Waals surface area (Å²) in [4.78, 5) is 0. The van der Waals surface area contributed by atoms with Gasteiger partial charge in [0.05, 0.1) is 7.11 Å². The van der Waals surface area contributed by atoms with Gasteiger partial charge >= 0.3 is 0 Å². The van der Waals surface area contributed by atoms with Gasteiger partial charge in [0.2, 0.25) is 0 Å². The van der Waals surface area contributed by atoms with Crippen molar-refractivity contribution >= 4 is 16.8 Å². The molecule has 0 bridgehead atoms. The fourth-order valence-corrected chi connectivity index (χ4v) is 3.83. The van der Waals surface area contributed by atoms with Gasteiger partial charge in [-0.3, -0.25) is 5.43 Å². The average molecular weight is 376 g/mol. The van der Waals surface area contributed by atoms with E-state index in [-0.39, 0.29) is 5.37 Å². The molecule has 27 heavy (non-hydrogen) atoms. The third-order valence-corrected chi connectivity index (χ3v) is 5.42. The number of benzene rings is 3. The van der Waals surface area contributed by atoms with Crippen LogP contribution in [0.4, 0.5) is 0 Å². The Labute approximate surface area is 163 Å². The van der Waals surface area contributed by atoms with Crippen LogP contribution in [0, 0.1) is 0 Å². The van der Waals surface area contributed by atoms with E-state index in [9.17, 15) is 0 Å². The second-order valence-corrected chi connectivity index (χ2v) is 7.19. The fraction of sp³-hybridized carbons (Fsp3) is 0.136. The molecule has 1 aliphatic rings. The van der Waals surface area contributed by atoms with Crippen LogP contribution in [-0.2, 0) is 6.61 Å². The number of nitrogens with zero attached hydrogens (tertiary/aromatic N) is 1. The summed E-state index contributed by atoms with van der Waals surface area (Å²) in [6, 6.07) is 26.3. The van der Waals surface area contributed by atoms with E-state index in [0.29, 0.717) is 6.61 Å². The zero-order valence-electron chi connectivity index (χ0n) is 15.0. The molecule has 1 aliphatic heterocycles. The summed E-state index contributed by atoms with van der Waals surface area (Å²) in [7, 11) is 1.66. The van der Waals surface area contributed by atoms with Gasteiger partial charge in [-0.15, -0.1) is 0 Å². The number of ether oxygens (including phenoxy) is 2. The van der Waals surface area contributed by atoms with E-state index in [2.05, 4.69) is 28.7 Å². The predicted molar refractivity (Wildman–Crippen MR) is 110 cm³/mol. The van der Waals surface area contributed by atoms with Crippen molar-refractivity contribution in [3.8, 4) is 11.5 Å². The molecular weight excluding hydrogens is 356 g/mol. The number of hydrogen-bond acceptors (Lipinski definition) is 5. The first kappa shape index (κ1) is 17.5. The molecule has 0 spiro atoms. The highest BCUT2D eigenvalue weighted by molar-refractivity contribution is 8.14. The largest absolute Gasteiger partial charge is 0.493 e. The standard InChI is InChI=1S/C22H20N2O2S/c1-25-20-14-18(12-13-19(20)26-15-16-8-4-2-5-9-16)22-24-23-21(27-22)17-10-6-3-7-11-17/h2-14,22,24H,15H2,1H3/t22-/m0/s1. The van der Waals surface area contributed by atoms with E-state index in [1.165, 1.54) is 0 Å². The number of nitrogens with one attached hydrogen (secondary N) is 1. The van der Waals surface area contributed by atoms with Crippen LogP contribution in [-0.4, -0.2) is 12.2 Å². The molecule has 1 N–H and O–H groups in total. The topological polar surface area (TPSA) is 42.8 Å². The van der Waals surface area contributed by atoms with Crippen LogP contribution >= 0.6 is 11.8 Å². The van der Waals surface area contributed by atoms with Crippen molar-refractivity contribution in [2.24, 2.45) is 5.10 Å². The van der Waals surface area contributed by atoms with Crippen molar-refractivity contribution < 1.29 is 9.47 Å². The summed E-state index contributed by atoms with van der Waals surface area (Å²) in [5, 5.41) is 5.52. The average Bonchev–Trinajstić information content (AvgIpc) is 3.24. The van der Waals surface area contributed by atoms with Gasteiger partial charge in [0, 0.05) is 5.56 Å². The van der Waals surface area contributed by atoms with Gasteiger partial charge < -0.3 is 9.47 Å². The summed E-state index contributed by atoms with van der Waals surface area (Å²) in [5.74, 6) is 1.45. The summed E-state index contributed by atoms with van der Waals surface area (Å²) < 4.78 is 11.5. The summed E-state index contributed by atoms with van der Waals surface area (Å²) in [6.07, 6.45) is 0. The Bertz CT molecular complexity index is 930. The number of rotatable bonds is 6. The molecule has 4 rings (SSSR count). The maximum atomic E-state index is 5.94. The smallest absolute Gasteiger partial charge is 0.161 e. The Hall–Kier alpha value is -2.92. The first-order chi connectivity index (χ1) is 13.3. The van der Waals surface area contributed by atoms with Crippen molar-refractivity contribution in [2.75, 3.05) is 7.11 Å². The molecule has 4 nitrogen and oxygen atoms in total. The van der Waals surface area contributed by atoms with E-state index in [4.69, 9.17) is 9.47 Å². The molecule has 0 fully saturated rings. The number of hydrogen-bond donors (Lipinski definition) is 1. The monoisotopic (exact) mass is 376 g/mol. The molecule has 3 aromatic carbocycles. The predicted octanol–water partition coefficient (Wildman–Crippen LogP) is 4.97. The lowest BCUT2D eigenvalue weighted by Gasteiger charge is -2.15. The Morgan fingerprint density at radius 1 is 0.926 bits per heavy atom. The van der Waals surface area contributed by atoms with Gasteiger partial charge in [-0.05, 0) is 23.3 Å². The Morgan fingerprint density at radius 2 is 1.67 bits per heavy atom. The molecule has 0 radical (unpaired) electrons. The summed E-state index contributed by atoms with van der Waals surface area (Å²) in [6.45, 7) is 0.508. The van der Waals surface area contributed by atoms with Crippen molar-refractivity contribution in [2.45, 2.75) is 12.0 Å². The Morgan fingerprint density at radius 3 is 2.41 bits per heavy atom. The fourth-order valence-electron chi connectivity index (χ4n) is 2.84. The molecule has 0 aromatic heterocycles. The van der Waals surface area contributed by atoms with Crippen LogP contribution < -0.4 is 14.9 Å². The second kappa shape index (κ2) is 8.18. The highest BCUT2D eigenvalue weighted by Crippen LogP contribution is 2.38. The van der Waals surface area contributed by atoms with Crippen molar-refractivity contribution in [1.29, 1.82) is 0 Å². The number of methoxy groups -OCH3 is 1. The van der Waals surface area contributed by atoms with E-state index in [1.54, 1.807) is 18.9 Å². The first-order valence-corrected chi connectivity index (χ1v) is 9.61. The van der Waals surface area contributed by atoms with Crippen molar-refractivity contribution in [3.05, 3.63) is 95.6 Å². The quantitative estimate of drug-likeness (QED) is 0.659. The van der Waals surface area contributed by atoms with Crippen LogP contribution in [0.1, 0.15) is 22.1 Å². The van der Waals surface area contributed by atoms with E-state index >= 15 is 0 Å². The molecule has 0 unspecified atom stereocenters. The third kappa shape index (κ3) is 4.09. The van der Waals surface area contributed by atoms with Gasteiger partial charge in [-0.25, -0.2) is 0 Å². The zero-order valence-corrected chi connectivity index (χ0v) is 15.8. The summed E-state index contributed by atoms with van der Waals surface area (Å²) >= 11 is 1.69. The molecule has 0 amide bonds. The molecular formula is C22H20N2O2S. The van der Waals surface area contributed by atoms with Crippen LogP contribution in [0.25, 0.3) is 0 Å². The van der Waals surface area contributed by atoms with E-state index < -0.39 is 0 Å². The maximum Gasteiger partial charge on any atom is 0.161 e. The molecule has 1 heterocycles. The normalized spacial score (nSPS) is 15.7. The van der Waals surface area contributed by atoms with E-state index in [1.807, 2.05) is 60.7 Å². The van der Waals surface area contributed by atoms with Crippen LogP contribution in [0.2, 0.25) is 0 Å². The molecule has 0 saturated heterocycles. The van der Waals surface area contributed by atoms with Gasteiger partial charge in [0.1, 0.15) is 17.0 Å². The lowest BCUT2D eigenvalue weighted by atomic mass is 10.2. The molecule has 0 aliphatic carbocycles. The van der Waals surface area contributed by atoms with Gasteiger partial charge in [-0.1, -0.05) is 78.5 Å². The minimum atomic E-state index is 0.0530. The lowest BCUT2D eigenvalue weighted by molar-refractivity contribution is 0.284. The van der Waals surface area contributed by atoms with Crippen molar-refractivity contribution in [1.82, 2.24) is 5.43 Å². The number of thioether (sulfide) groups is 1. The molecule has 5 heteroatoms. The molecule has 3 aromatic rings. The summed E-state index contributed by atoms with van der Waals surface area (Å²) in [5.41, 5.74) is 6.54. The first-order valence-electron chi connectivity index (χ1n) is 8.73. The Balaban J connectivity index is 1.45. The Kier molecular flexibility index (Phi) is 5.30. The SMILES string of the molecule is COc1cc([C@H]2NN=C(c3ccccc3)S2)ccc1OCc1ccccc1. The lowest BCUT2D eigenvalue weighted by Crippen LogP contribution is -2.07. The maximum absolute atomic E-state index is 5.94. The number of hydrazone groups is 1. The minimum Gasteiger partial charge on any atom is -0.493 e. The van der Waals surface area contributed by atoms with Gasteiger partial charge in [0.15, 0.2) is 11.5 Å². The second-order valence-electron chi connectivity index (χ2n) is 6.09. The van der Waals surface area contributed by atoms with E-state index in [0.717, 1.165) is 33.2 Å². The highest BCUT2D eigenvalue weighted by Gasteiger charge is 2.23. The molecule has 0 saturated carbocycles. The van der Waals surface area contributed by atoms with Crippen molar-refractivity contribution in [3.63, 3.8) is 0 Å². The van der Waals surface area contributed by atoms with Crippen LogP contribution in [0.15, 0.2) is 84.0 Å².